The number of Topliss-reactive ketones (excluding diaryl/α,β-unsaturated/α-hetero) is 1. The van der Waals surface area contributed by atoms with E-state index < -0.39 is 27.8 Å². The monoisotopic (exact) mass is 567 g/mol. The van der Waals surface area contributed by atoms with E-state index in [4.69, 9.17) is 4.74 Å². The highest BCUT2D eigenvalue weighted by Crippen LogP contribution is 2.40. The van der Waals surface area contributed by atoms with Gasteiger partial charge in [-0.3, -0.25) is 14.5 Å². The second-order valence-corrected chi connectivity index (χ2v) is 12.6. The maximum absolute atomic E-state index is 13.4. The molecule has 9 nitrogen and oxygen atoms in total. The molecule has 1 atom stereocenters. The van der Waals surface area contributed by atoms with Gasteiger partial charge in [0.25, 0.3) is 11.7 Å². The van der Waals surface area contributed by atoms with Crippen molar-refractivity contribution in [2.45, 2.75) is 43.5 Å². The van der Waals surface area contributed by atoms with Crippen molar-refractivity contribution in [3.8, 4) is 0 Å². The van der Waals surface area contributed by atoms with E-state index >= 15 is 0 Å². The summed E-state index contributed by atoms with van der Waals surface area (Å²) in [5.74, 6) is -1.79. The number of amides is 1. The van der Waals surface area contributed by atoms with Crippen LogP contribution in [0.1, 0.15) is 48.4 Å². The summed E-state index contributed by atoms with van der Waals surface area (Å²) in [6.07, 6.45) is 3.28. The maximum Gasteiger partial charge on any atom is 0.295 e. The molecule has 5 rings (SSSR count). The third kappa shape index (κ3) is 5.85. The first-order chi connectivity index (χ1) is 19.3. The molecule has 1 amide bonds. The van der Waals surface area contributed by atoms with Crippen molar-refractivity contribution < 1.29 is 27.9 Å². The first-order valence-electron chi connectivity index (χ1n) is 14.0. The minimum absolute atomic E-state index is 0.0206. The van der Waals surface area contributed by atoms with Crippen LogP contribution in [0.3, 0.4) is 0 Å². The van der Waals surface area contributed by atoms with Crippen LogP contribution in [-0.4, -0.2) is 91.8 Å². The zero-order valence-corrected chi connectivity index (χ0v) is 23.7. The number of aliphatic hydroxyl groups excluding tert-OH is 1. The average molecular weight is 568 g/mol. The molecule has 0 radical (unpaired) electrons. The number of rotatable bonds is 8. The summed E-state index contributed by atoms with van der Waals surface area (Å²) in [7, 11) is -3.75. The highest BCUT2D eigenvalue weighted by molar-refractivity contribution is 7.89. The number of hydrogen-bond donors (Lipinski definition) is 1. The smallest absolute Gasteiger partial charge is 0.295 e. The number of carbonyl (C=O) groups excluding carboxylic acids is 2. The van der Waals surface area contributed by atoms with Crippen molar-refractivity contribution in [1.82, 2.24) is 14.1 Å². The van der Waals surface area contributed by atoms with Crippen molar-refractivity contribution >= 4 is 27.5 Å². The predicted molar refractivity (Wildman–Crippen MR) is 151 cm³/mol. The maximum atomic E-state index is 13.4. The number of nitrogens with zero attached hydrogens (tertiary/aromatic N) is 3. The number of ketones is 1. The molecule has 3 aliphatic heterocycles. The predicted octanol–water partition coefficient (Wildman–Crippen LogP) is 3.31. The molecular formula is C30H37N3O6S. The van der Waals surface area contributed by atoms with E-state index in [1.165, 1.54) is 21.3 Å². The Hall–Kier alpha value is -3.05. The summed E-state index contributed by atoms with van der Waals surface area (Å²) in [5, 5.41) is 11.5. The largest absolute Gasteiger partial charge is 0.507 e. The number of likely N-dealkylation sites (tertiary alicyclic amines) is 1. The first-order valence-corrected chi connectivity index (χ1v) is 15.5. The zero-order chi connectivity index (χ0) is 28.3. The Bertz CT molecular complexity index is 1380. The Morgan fingerprint density at radius 2 is 1.65 bits per heavy atom. The van der Waals surface area contributed by atoms with Crippen LogP contribution in [0.2, 0.25) is 0 Å². The standard InChI is InChI=1S/C30H37N3O6S/c1-22-9-11-23(12-10-22)27-26(29(35)30(36)33(27)16-6-13-31-17-19-39-20-18-31)28(34)24-7-5-8-25(21-24)40(37,38)32-14-3-2-4-15-32/h5,7-12,21,27,34H,2-4,6,13-20H2,1H3/t27-/m1/s1. The molecular weight excluding hydrogens is 530 g/mol. The fourth-order valence-corrected chi connectivity index (χ4v) is 7.27. The second-order valence-electron chi connectivity index (χ2n) is 10.7. The number of ether oxygens (including phenoxy) is 1. The van der Waals surface area contributed by atoms with Gasteiger partial charge < -0.3 is 14.7 Å². The number of morpholine rings is 1. The molecule has 0 aromatic heterocycles. The summed E-state index contributed by atoms with van der Waals surface area (Å²) in [5.41, 5.74) is 1.92. The molecule has 0 aliphatic carbocycles. The van der Waals surface area contributed by atoms with E-state index in [2.05, 4.69) is 4.90 Å². The lowest BCUT2D eigenvalue weighted by molar-refractivity contribution is -0.140. The lowest BCUT2D eigenvalue weighted by Gasteiger charge is -2.29. The van der Waals surface area contributed by atoms with Crippen LogP contribution >= 0.6 is 0 Å². The number of piperidine rings is 1. The molecule has 2 aromatic carbocycles. The van der Waals surface area contributed by atoms with E-state index in [0.29, 0.717) is 39.3 Å². The van der Waals surface area contributed by atoms with Crippen LogP contribution in [0.15, 0.2) is 59.0 Å². The summed E-state index contributed by atoms with van der Waals surface area (Å²) < 4.78 is 33.5. The van der Waals surface area contributed by atoms with Gasteiger partial charge >= 0.3 is 0 Å². The second kappa shape index (κ2) is 12.2. The molecule has 0 spiro atoms. The number of sulfonamides is 1. The molecule has 2 aromatic rings. The van der Waals surface area contributed by atoms with Gasteiger partial charge in [-0.25, -0.2) is 8.42 Å². The van der Waals surface area contributed by atoms with Gasteiger partial charge in [-0.15, -0.1) is 0 Å². The Morgan fingerprint density at radius 3 is 2.35 bits per heavy atom. The summed E-state index contributed by atoms with van der Waals surface area (Å²) in [4.78, 5) is 30.6. The van der Waals surface area contributed by atoms with Crippen molar-refractivity contribution in [3.05, 3.63) is 70.8 Å². The van der Waals surface area contributed by atoms with Gasteiger partial charge in [0.15, 0.2) is 0 Å². The van der Waals surface area contributed by atoms with Gasteiger partial charge in [0.05, 0.1) is 29.7 Å². The van der Waals surface area contributed by atoms with E-state index in [0.717, 1.165) is 50.0 Å². The Kier molecular flexibility index (Phi) is 8.70. The van der Waals surface area contributed by atoms with Gasteiger partial charge in [-0.05, 0) is 43.9 Å². The lowest BCUT2D eigenvalue weighted by Crippen LogP contribution is -2.38. The van der Waals surface area contributed by atoms with Crippen LogP contribution in [-0.2, 0) is 24.3 Å². The average Bonchev–Trinajstić information content (AvgIpc) is 3.23. The van der Waals surface area contributed by atoms with Crippen molar-refractivity contribution in [2.75, 3.05) is 52.5 Å². The van der Waals surface area contributed by atoms with Gasteiger partial charge in [0.2, 0.25) is 10.0 Å². The fourth-order valence-electron chi connectivity index (χ4n) is 5.71. The zero-order valence-electron chi connectivity index (χ0n) is 22.9. The molecule has 40 heavy (non-hydrogen) atoms. The molecule has 0 saturated carbocycles. The Labute approximate surface area is 236 Å². The third-order valence-corrected chi connectivity index (χ3v) is 9.87. The molecule has 3 saturated heterocycles. The van der Waals surface area contributed by atoms with E-state index in [9.17, 15) is 23.1 Å². The number of hydrogen-bond acceptors (Lipinski definition) is 7. The highest BCUT2D eigenvalue weighted by atomic mass is 32.2. The number of aliphatic hydroxyl groups is 1. The van der Waals surface area contributed by atoms with Crippen LogP contribution in [0.5, 0.6) is 0 Å². The van der Waals surface area contributed by atoms with E-state index in [1.54, 1.807) is 12.1 Å². The van der Waals surface area contributed by atoms with Crippen LogP contribution < -0.4 is 0 Å². The van der Waals surface area contributed by atoms with E-state index in [-0.39, 0.29) is 21.8 Å². The third-order valence-electron chi connectivity index (χ3n) is 7.97. The van der Waals surface area contributed by atoms with Gasteiger partial charge in [0, 0.05) is 44.8 Å². The van der Waals surface area contributed by atoms with Gasteiger partial charge in [-0.2, -0.15) is 4.31 Å². The van der Waals surface area contributed by atoms with Crippen molar-refractivity contribution in [2.24, 2.45) is 0 Å². The quantitative estimate of drug-likeness (QED) is 0.296. The summed E-state index contributed by atoms with van der Waals surface area (Å²) >= 11 is 0. The van der Waals surface area contributed by atoms with E-state index in [1.807, 2.05) is 31.2 Å². The Balaban J connectivity index is 1.48. The minimum atomic E-state index is -3.75. The Morgan fingerprint density at radius 1 is 0.950 bits per heavy atom. The molecule has 1 N–H and O–H groups in total. The molecule has 0 unspecified atom stereocenters. The van der Waals surface area contributed by atoms with Gasteiger partial charge in [-0.1, -0.05) is 48.4 Å². The van der Waals surface area contributed by atoms with Crippen molar-refractivity contribution in [1.29, 1.82) is 0 Å². The molecule has 3 fully saturated rings. The summed E-state index contributed by atoms with van der Waals surface area (Å²) in [6, 6.07) is 12.8. The normalized spacial score (nSPS) is 22.6. The lowest BCUT2D eigenvalue weighted by atomic mass is 9.94. The van der Waals surface area contributed by atoms with Crippen LogP contribution in [0.25, 0.3) is 5.76 Å². The first kappa shape index (κ1) is 28.5. The molecule has 214 valence electrons. The van der Waals surface area contributed by atoms with Crippen molar-refractivity contribution in [3.63, 3.8) is 0 Å². The molecule has 3 heterocycles. The summed E-state index contributed by atoms with van der Waals surface area (Å²) in [6.45, 7) is 7.01. The van der Waals surface area contributed by atoms with Crippen LogP contribution in [0.4, 0.5) is 0 Å². The molecule has 3 aliphatic rings. The highest BCUT2D eigenvalue weighted by Gasteiger charge is 2.46. The number of benzene rings is 2. The topological polar surface area (TPSA) is 107 Å². The van der Waals surface area contributed by atoms with Gasteiger partial charge in [0.1, 0.15) is 5.76 Å². The number of carbonyl (C=O) groups is 2. The number of aryl methyl sites for hydroxylation is 1. The fraction of sp³-hybridized carbons (Fsp3) is 0.467. The minimum Gasteiger partial charge on any atom is -0.507 e. The molecule has 10 heteroatoms. The van der Waals surface area contributed by atoms with Crippen LogP contribution in [0, 0.1) is 6.92 Å². The molecule has 0 bridgehead atoms. The SMILES string of the molecule is Cc1ccc([C@@H]2C(=C(O)c3cccc(S(=O)(=O)N4CCCCC4)c3)C(=O)C(=O)N2CCCN2CCOCC2)cc1.